The number of aryl methyl sites for hydroxylation is 2. The molecule has 0 spiro atoms. The van der Waals surface area contributed by atoms with Crippen LogP contribution in [0.25, 0.3) is 0 Å². The molecule has 1 aromatic heterocycles. The molecular formula is C17H21FN2O3. The number of benzene rings is 1. The lowest BCUT2D eigenvalue weighted by molar-refractivity contribution is 0.0359. The lowest BCUT2D eigenvalue weighted by Gasteiger charge is -2.21. The molecule has 2 aromatic rings. The molecule has 1 unspecified atom stereocenters. The van der Waals surface area contributed by atoms with Crippen LogP contribution in [0.3, 0.4) is 0 Å². The van der Waals surface area contributed by atoms with Crippen LogP contribution in [0.15, 0.2) is 34.7 Å². The Morgan fingerprint density at radius 3 is 2.61 bits per heavy atom. The van der Waals surface area contributed by atoms with E-state index in [0.717, 1.165) is 5.56 Å². The molecule has 6 heteroatoms. The predicted octanol–water partition coefficient (Wildman–Crippen LogP) is 2.74. The van der Waals surface area contributed by atoms with Gasteiger partial charge in [-0.15, -0.1) is 0 Å². The molecule has 0 aliphatic carbocycles. The van der Waals surface area contributed by atoms with Gasteiger partial charge >= 0.3 is 6.03 Å². The Morgan fingerprint density at radius 1 is 1.26 bits per heavy atom. The normalized spacial score (nSPS) is 13.4. The van der Waals surface area contributed by atoms with Crippen molar-refractivity contribution < 1.29 is 18.7 Å². The second-order valence-electron chi connectivity index (χ2n) is 5.80. The van der Waals surface area contributed by atoms with Crippen LogP contribution in [0.1, 0.15) is 29.6 Å². The third kappa shape index (κ3) is 4.56. The summed E-state index contributed by atoms with van der Waals surface area (Å²) in [7, 11) is 0. The summed E-state index contributed by atoms with van der Waals surface area (Å²) in [5, 5.41) is 15.6. The first-order chi connectivity index (χ1) is 10.8. The van der Waals surface area contributed by atoms with Gasteiger partial charge in [0.15, 0.2) is 0 Å². The van der Waals surface area contributed by atoms with Gasteiger partial charge in [0.05, 0.1) is 6.54 Å². The van der Waals surface area contributed by atoms with E-state index in [9.17, 15) is 14.3 Å². The minimum atomic E-state index is -1.29. The largest absolute Gasteiger partial charge is 0.463 e. The number of aliphatic hydroxyl groups is 1. The third-order valence-corrected chi connectivity index (χ3v) is 3.54. The number of rotatable bonds is 5. The van der Waals surface area contributed by atoms with Crippen LogP contribution in [0, 0.1) is 19.7 Å². The average Bonchev–Trinajstić information content (AvgIpc) is 2.94. The van der Waals surface area contributed by atoms with Crippen molar-refractivity contribution in [2.45, 2.75) is 32.9 Å². The molecule has 1 heterocycles. The zero-order valence-electron chi connectivity index (χ0n) is 13.4. The Bertz CT molecular complexity index is 695. The van der Waals surface area contributed by atoms with Crippen molar-refractivity contribution in [1.82, 2.24) is 10.6 Å². The molecular weight excluding hydrogens is 299 g/mol. The van der Waals surface area contributed by atoms with E-state index in [1.165, 1.54) is 6.07 Å². The lowest BCUT2D eigenvalue weighted by Crippen LogP contribution is -2.43. The molecule has 0 fully saturated rings. The van der Waals surface area contributed by atoms with Crippen molar-refractivity contribution in [3.63, 3.8) is 0 Å². The molecule has 0 aliphatic heterocycles. The van der Waals surface area contributed by atoms with Gasteiger partial charge in [-0.1, -0.05) is 12.1 Å². The van der Waals surface area contributed by atoms with Crippen molar-refractivity contribution in [2.75, 3.05) is 6.54 Å². The summed E-state index contributed by atoms with van der Waals surface area (Å²) in [5.74, 6) is 0.809. The zero-order chi connectivity index (χ0) is 17.0. The minimum Gasteiger partial charge on any atom is -0.463 e. The van der Waals surface area contributed by atoms with Crippen molar-refractivity contribution in [3.05, 3.63) is 58.8 Å². The molecule has 0 bridgehead atoms. The van der Waals surface area contributed by atoms with E-state index in [2.05, 4.69) is 10.6 Å². The number of halogens is 1. The monoisotopic (exact) mass is 320 g/mol. The number of urea groups is 1. The van der Waals surface area contributed by atoms with Gasteiger partial charge in [-0.2, -0.15) is 0 Å². The maximum atomic E-state index is 13.2. The number of carbonyl (C=O) groups is 1. The average molecular weight is 320 g/mol. The Labute approximate surface area is 134 Å². The van der Waals surface area contributed by atoms with Gasteiger partial charge in [0.2, 0.25) is 0 Å². The third-order valence-electron chi connectivity index (χ3n) is 3.54. The topological polar surface area (TPSA) is 74.5 Å². The number of carbonyl (C=O) groups excluding carboxylic acids is 1. The fourth-order valence-corrected chi connectivity index (χ4v) is 2.13. The molecule has 0 saturated heterocycles. The van der Waals surface area contributed by atoms with E-state index in [4.69, 9.17) is 4.42 Å². The summed E-state index contributed by atoms with van der Waals surface area (Å²) < 4.78 is 18.6. The number of hydrogen-bond acceptors (Lipinski definition) is 3. The van der Waals surface area contributed by atoms with Crippen LogP contribution in [0.4, 0.5) is 9.18 Å². The van der Waals surface area contributed by atoms with Gasteiger partial charge < -0.3 is 20.2 Å². The SMILES string of the molecule is Cc1ccc(C(C)(O)CNC(=O)NCc2ccc(F)c(C)c2)o1. The summed E-state index contributed by atoms with van der Waals surface area (Å²) in [6, 6.07) is 7.67. The maximum Gasteiger partial charge on any atom is 0.315 e. The van der Waals surface area contributed by atoms with Gasteiger partial charge in [0.25, 0.3) is 0 Å². The fraction of sp³-hybridized carbons (Fsp3) is 0.353. The Balaban J connectivity index is 1.84. The molecule has 23 heavy (non-hydrogen) atoms. The van der Waals surface area contributed by atoms with Crippen molar-refractivity contribution >= 4 is 6.03 Å². The van der Waals surface area contributed by atoms with E-state index < -0.39 is 11.6 Å². The highest BCUT2D eigenvalue weighted by atomic mass is 19.1. The van der Waals surface area contributed by atoms with E-state index in [1.54, 1.807) is 45.0 Å². The second kappa shape index (κ2) is 6.83. The molecule has 1 aromatic carbocycles. The number of nitrogens with one attached hydrogen (secondary N) is 2. The van der Waals surface area contributed by atoms with E-state index in [0.29, 0.717) is 17.1 Å². The van der Waals surface area contributed by atoms with Crippen LogP contribution in [-0.2, 0) is 12.1 Å². The molecule has 0 aliphatic rings. The zero-order valence-corrected chi connectivity index (χ0v) is 13.4. The first kappa shape index (κ1) is 17.0. The van der Waals surface area contributed by atoms with E-state index in [-0.39, 0.29) is 18.9 Å². The highest BCUT2D eigenvalue weighted by molar-refractivity contribution is 5.73. The second-order valence-corrected chi connectivity index (χ2v) is 5.80. The van der Waals surface area contributed by atoms with E-state index >= 15 is 0 Å². The maximum absolute atomic E-state index is 13.2. The van der Waals surface area contributed by atoms with Crippen LogP contribution in [-0.4, -0.2) is 17.7 Å². The molecule has 0 saturated carbocycles. The molecule has 2 rings (SSSR count). The Morgan fingerprint density at radius 2 is 2.00 bits per heavy atom. The van der Waals surface area contributed by atoms with E-state index in [1.807, 2.05) is 0 Å². The van der Waals surface area contributed by atoms with Gasteiger partial charge in [-0.3, -0.25) is 0 Å². The number of furan rings is 1. The molecule has 2 amide bonds. The summed E-state index contributed by atoms with van der Waals surface area (Å²) >= 11 is 0. The quantitative estimate of drug-likeness (QED) is 0.793. The smallest absolute Gasteiger partial charge is 0.315 e. The highest BCUT2D eigenvalue weighted by Gasteiger charge is 2.27. The first-order valence-corrected chi connectivity index (χ1v) is 7.34. The standard InChI is InChI=1S/C17H21FN2O3/c1-11-8-13(5-6-14(11)18)9-19-16(21)20-10-17(3,22)15-7-4-12(2)23-15/h4-8,22H,9-10H2,1-3H3,(H2,19,20,21). The fourth-order valence-electron chi connectivity index (χ4n) is 2.13. The van der Waals surface area contributed by atoms with Crippen LogP contribution in [0.2, 0.25) is 0 Å². The first-order valence-electron chi connectivity index (χ1n) is 7.34. The lowest BCUT2D eigenvalue weighted by atomic mass is 10.0. The molecule has 1 atom stereocenters. The van der Waals surface area contributed by atoms with Crippen molar-refractivity contribution in [3.8, 4) is 0 Å². The van der Waals surface area contributed by atoms with Crippen LogP contribution < -0.4 is 10.6 Å². The molecule has 3 N–H and O–H groups in total. The van der Waals surface area contributed by atoms with Crippen LogP contribution >= 0.6 is 0 Å². The van der Waals surface area contributed by atoms with Crippen molar-refractivity contribution in [2.24, 2.45) is 0 Å². The highest BCUT2D eigenvalue weighted by Crippen LogP contribution is 2.21. The van der Waals surface area contributed by atoms with Gasteiger partial charge in [0, 0.05) is 6.54 Å². The Kier molecular flexibility index (Phi) is 5.05. The number of hydrogen-bond donors (Lipinski definition) is 3. The Hall–Kier alpha value is -2.34. The van der Waals surface area contributed by atoms with Gasteiger partial charge in [-0.25, -0.2) is 9.18 Å². The van der Waals surface area contributed by atoms with Gasteiger partial charge in [-0.05, 0) is 50.1 Å². The molecule has 0 radical (unpaired) electrons. The van der Waals surface area contributed by atoms with Gasteiger partial charge in [0.1, 0.15) is 22.9 Å². The summed E-state index contributed by atoms with van der Waals surface area (Å²) in [5.41, 5.74) is 0.0335. The minimum absolute atomic E-state index is 0.00817. The predicted molar refractivity (Wildman–Crippen MR) is 84.4 cm³/mol. The molecule has 5 nitrogen and oxygen atoms in total. The number of amides is 2. The summed E-state index contributed by atoms with van der Waals surface area (Å²) in [4.78, 5) is 11.8. The summed E-state index contributed by atoms with van der Waals surface area (Å²) in [6.07, 6.45) is 0. The van der Waals surface area contributed by atoms with Crippen LogP contribution in [0.5, 0.6) is 0 Å². The summed E-state index contributed by atoms with van der Waals surface area (Å²) in [6.45, 7) is 5.30. The molecule has 124 valence electrons. The van der Waals surface area contributed by atoms with Crippen molar-refractivity contribution in [1.29, 1.82) is 0 Å².